The van der Waals surface area contributed by atoms with Gasteiger partial charge in [0.05, 0.1) is 6.54 Å². The van der Waals surface area contributed by atoms with Crippen molar-refractivity contribution in [1.82, 2.24) is 19.5 Å². The zero-order valence-corrected chi connectivity index (χ0v) is 14.9. The van der Waals surface area contributed by atoms with E-state index in [4.69, 9.17) is 0 Å². The zero-order chi connectivity index (χ0) is 16.4. The van der Waals surface area contributed by atoms with Gasteiger partial charge in [-0.1, -0.05) is 23.5 Å². The van der Waals surface area contributed by atoms with Crippen molar-refractivity contribution in [1.29, 1.82) is 0 Å². The van der Waals surface area contributed by atoms with Crippen LogP contribution in [0.15, 0.2) is 40.0 Å². The molecule has 3 aromatic rings. The van der Waals surface area contributed by atoms with Crippen LogP contribution >= 0.6 is 23.1 Å². The standard InChI is InChI=1S/C16H18N4OS2/c1-11-8-15(21)20-16(17-11)23-14(18-20)10-19(2)9-12-4-6-13(22-3)7-5-12/h4-8H,9-10H2,1-3H3. The number of hydrogen-bond donors (Lipinski definition) is 0. The van der Waals surface area contributed by atoms with Crippen LogP contribution in [0.5, 0.6) is 0 Å². The molecule has 0 saturated carbocycles. The maximum Gasteiger partial charge on any atom is 0.275 e. The van der Waals surface area contributed by atoms with Crippen LogP contribution < -0.4 is 5.56 Å². The van der Waals surface area contributed by atoms with Crippen LogP contribution in [0.2, 0.25) is 0 Å². The summed E-state index contributed by atoms with van der Waals surface area (Å²) in [6, 6.07) is 10.1. The molecule has 0 spiro atoms. The van der Waals surface area contributed by atoms with E-state index in [1.165, 1.54) is 32.4 Å². The van der Waals surface area contributed by atoms with E-state index in [-0.39, 0.29) is 5.56 Å². The van der Waals surface area contributed by atoms with Gasteiger partial charge in [-0.2, -0.15) is 9.61 Å². The van der Waals surface area contributed by atoms with E-state index < -0.39 is 0 Å². The topological polar surface area (TPSA) is 50.5 Å². The Morgan fingerprint density at radius 1 is 1.26 bits per heavy atom. The summed E-state index contributed by atoms with van der Waals surface area (Å²) in [5, 5.41) is 5.27. The first kappa shape index (κ1) is 16.2. The van der Waals surface area contributed by atoms with Crippen LogP contribution in [0.25, 0.3) is 4.96 Å². The Kier molecular flexibility index (Phi) is 4.79. The van der Waals surface area contributed by atoms with Gasteiger partial charge in [-0.3, -0.25) is 9.69 Å². The first-order valence-corrected chi connectivity index (χ1v) is 9.27. The van der Waals surface area contributed by atoms with Gasteiger partial charge in [0.25, 0.3) is 5.56 Å². The average Bonchev–Trinajstić information content (AvgIpc) is 2.90. The summed E-state index contributed by atoms with van der Waals surface area (Å²) in [5.74, 6) is 0. The number of thioether (sulfide) groups is 1. The summed E-state index contributed by atoms with van der Waals surface area (Å²) >= 11 is 3.21. The van der Waals surface area contributed by atoms with Crippen molar-refractivity contribution < 1.29 is 0 Å². The molecule has 0 amide bonds. The van der Waals surface area contributed by atoms with Crippen molar-refractivity contribution in [3.8, 4) is 0 Å². The maximum absolute atomic E-state index is 11.9. The van der Waals surface area contributed by atoms with Gasteiger partial charge in [-0.25, -0.2) is 4.98 Å². The van der Waals surface area contributed by atoms with Gasteiger partial charge >= 0.3 is 0 Å². The number of aryl methyl sites for hydroxylation is 1. The lowest BCUT2D eigenvalue weighted by Gasteiger charge is -2.14. The van der Waals surface area contributed by atoms with E-state index >= 15 is 0 Å². The molecule has 0 unspecified atom stereocenters. The molecule has 7 heteroatoms. The molecule has 0 saturated heterocycles. The number of nitrogens with zero attached hydrogens (tertiary/aromatic N) is 4. The van der Waals surface area contributed by atoms with Gasteiger partial charge in [0.15, 0.2) is 0 Å². The van der Waals surface area contributed by atoms with Gasteiger partial charge in [0, 0.05) is 23.2 Å². The number of benzene rings is 1. The number of rotatable bonds is 5. The van der Waals surface area contributed by atoms with Crippen molar-refractivity contribution in [3.63, 3.8) is 0 Å². The third-order valence-electron chi connectivity index (χ3n) is 3.43. The van der Waals surface area contributed by atoms with Gasteiger partial charge in [0.1, 0.15) is 5.01 Å². The second kappa shape index (κ2) is 6.82. The van der Waals surface area contributed by atoms with Crippen LogP contribution in [0.1, 0.15) is 16.3 Å². The zero-order valence-electron chi connectivity index (χ0n) is 13.3. The molecule has 0 bridgehead atoms. The molecule has 5 nitrogen and oxygen atoms in total. The second-order valence-corrected chi connectivity index (χ2v) is 7.37. The minimum absolute atomic E-state index is 0.120. The SMILES string of the molecule is CSc1ccc(CN(C)Cc2nn3c(=O)cc(C)nc3s2)cc1. The van der Waals surface area contributed by atoms with Crippen LogP contribution in [0.4, 0.5) is 0 Å². The fourth-order valence-corrected chi connectivity index (χ4v) is 3.79. The lowest BCUT2D eigenvalue weighted by molar-refractivity contribution is 0.317. The van der Waals surface area contributed by atoms with E-state index in [1.54, 1.807) is 11.8 Å². The van der Waals surface area contributed by atoms with Gasteiger partial charge in [0.2, 0.25) is 4.96 Å². The Balaban J connectivity index is 1.73. The number of aromatic nitrogens is 3. The predicted molar refractivity (Wildman–Crippen MR) is 95.3 cm³/mol. The highest BCUT2D eigenvalue weighted by molar-refractivity contribution is 7.98. The summed E-state index contributed by atoms with van der Waals surface area (Å²) < 4.78 is 1.38. The highest BCUT2D eigenvalue weighted by Crippen LogP contribution is 2.17. The average molecular weight is 346 g/mol. The second-order valence-electron chi connectivity index (χ2n) is 5.45. The van der Waals surface area contributed by atoms with Crippen LogP contribution in [-0.2, 0) is 13.1 Å². The quantitative estimate of drug-likeness (QED) is 0.665. The molecule has 0 atom stereocenters. The summed E-state index contributed by atoms with van der Waals surface area (Å²) in [4.78, 5) is 20.4. The molecule has 0 fully saturated rings. The summed E-state index contributed by atoms with van der Waals surface area (Å²) in [6.07, 6.45) is 2.08. The van der Waals surface area contributed by atoms with Crippen molar-refractivity contribution in [2.75, 3.05) is 13.3 Å². The lowest BCUT2D eigenvalue weighted by atomic mass is 10.2. The molecule has 0 aliphatic rings. The first-order chi connectivity index (χ1) is 11.0. The Morgan fingerprint density at radius 2 is 2.00 bits per heavy atom. The number of hydrogen-bond acceptors (Lipinski definition) is 6. The van der Waals surface area contributed by atoms with Crippen molar-refractivity contribution in [3.05, 3.63) is 57.0 Å². The van der Waals surface area contributed by atoms with Crippen molar-refractivity contribution in [2.24, 2.45) is 0 Å². The molecule has 23 heavy (non-hydrogen) atoms. The largest absolute Gasteiger partial charge is 0.295 e. The van der Waals surface area contributed by atoms with Crippen LogP contribution in [0.3, 0.4) is 0 Å². The normalized spacial score (nSPS) is 11.5. The highest BCUT2D eigenvalue weighted by atomic mass is 32.2. The van der Waals surface area contributed by atoms with Crippen molar-refractivity contribution in [2.45, 2.75) is 24.9 Å². The van der Waals surface area contributed by atoms with Crippen molar-refractivity contribution >= 4 is 28.1 Å². The minimum atomic E-state index is -0.120. The molecular weight excluding hydrogens is 328 g/mol. The summed E-state index contributed by atoms with van der Waals surface area (Å²) in [5.41, 5.74) is 1.87. The molecule has 0 aliphatic carbocycles. The molecule has 2 heterocycles. The highest BCUT2D eigenvalue weighted by Gasteiger charge is 2.10. The fourth-order valence-electron chi connectivity index (χ4n) is 2.35. The summed E-state index contributed by atoms with van der Waals surface area (Å²) in [6.45, 7) is 3.36. The maximum atomic E-state index is 11.9. The smallest absolute Gasteiger partial charge is 0.275 e. The molecule has 0 radical (unpaired) electrons. The number of fused-ring (bicyclic) bond motifs is 1. The molecular formula is C16H18N4OS2. The predicted octanol–water partition coefficient (Wildman–Crippen LogP) is 2.81. The third kappa shape index (κ3) is 3.80. The third-order valence-corrected chi connectivity index (χ3v) is 5.07. The summed E-state index contributed by atoms with van der Waals surface area (Å²) in [7, 11) is 2.05. The monoisotopic (exact) mass is 346 g/mol. The van der Waals surface area contributed by atoms with Gasteiger partial charge in [-0.05, 0) is 37.9 Å². The Hall–Kier alpha value is -1.70. The van der Waals surface area contributed by atoms with Gasteiger partial charge < -0.3 is 0 Å². The van der Waals surface area contributed by atoms with E-state index in [1.807, 2.05) is 6.92 Å². The van der Waals surface area contributed by atoms with E-state index in [9.17, 15) is 4.79 Å². The van der Waals surface area contributed by atoms with E-state index in [2.05, 4.69) is 52.6 Å². The fraction of sp³-hybridized carbons (Fsp3) is 0.312. The molecule has 0 aliphatic heterocycles. The molecule has 0 N–H and O–H groups in total. The molecule has 2 aromatic heterocycles. The van der Waals surface area contributed by atoms with E-state index in [0.29, 0.717) is 11.5 Å². The Labute approximate surface area is 143 Å². The molecule has 120 valence electrons. The lowest BCUT2D eigenvalue weighted by Crippen LogP contribution is -2.18. The Morgan fingerprint density at radius 3 is 2.70 bits per heavy atom. The molecule has 1 aromatic carbocycles. The molecule has 3 rings (SSSR count). The van der Waals surface area contributed by atoms with E-state index in [0.717, 1.165) is 17.2 Å². The van der Waals surface area contributed by atoms with Crippen LogP contribution in [0, 0.1) is 6.92 Å². The minimum Gasteiger partial charge on any atom is -0.295 e. The first-order valence-electron chi connectivity index (χ1n) is 7.23. The van der Waals surface area contributed by atoms with Gasteiger partial charge in [-0.15, -0.1) is 11.8 Å². The van der Waals surface area contributed by atoms with Crippen LogP contribution in [-0.4, -0.2) is 32.8 Å². The Bertz CT molecular complexity index is 870.